The van der Waals surface area contributed by atoms with Gasteiger partial charge in [-0.1, -0.05) is 0 Å². The quantitative estimate of drug-likeness (QED) is 0.560. The number of rotatable bonds is 6. The minimum Gasteiger partial charge on any atom is -0.490 e. The smallest absolute Gasteiger partial charge is 0.341 e. The maximum Gasteiger partial charge on any atom is 0.341 e. The van der Waals surface area contributed by atoms with Gasteiger partial charge >= 0.3 is 5.97 Å². The molecule has 0 saturated heterocycles. The molecule has 1 saturated carbocycles. The summed E-state index contributed by atoms with van der Waals surface area (Å²) >= 11 is 0. The molecule has 0 bridgehead atoms. The number of hydrogen-bond donors (Lipinski definition) is 3. The number of aromatic nitrogens is 3. The van der Waals surface area contributed by atoms with Crippen molar-refractivity contribution in [2.75, 3.05) is 5.32 Å². The van der Waals surface area contributed by atoms with Crippen molar-refractivity contribution in [1.82, 2.24) is 14.6 Å². The van der Waals surface area contributed by atoms with Crippen LogP contribution in [0, 0.1) is 5.82 Å². The van der Waals surface area contributed by atoms with E-state index in [-0.39, 0.29) is 47.6 Å². The van der Waals surface area contributed by atoms with Crippen LogP contribution in [0.4, 0.5) is 10.2 Å². The highest BCUT2D eigenvalue weighted by molar-refractivity contribution is 5.94. The number of fused-ring (bicyclic) bond motifs is 1. The third-order valence-electron chi connectivity index (χ3n) is 4.83. The Bertz CT molecular complexity index is 1040. The van der Waals surface area contributed by atoms with Crippen LogP contribution in [-0.2, 0) is 0 Å². The Hall–Kier alpha value is -2.91. The maximum absolute atomic E-state index is 13.9. The summed E-state index contributed by atoms with van der Waals surface area (Å²) in [6, 6.07) is 5.89. The summed E-state index contributed by atoms with van der Waals surface area (Å²) in [5, 5.41) is 16.4. The van der Waals surface area contributed by atoms with Crippen molar-refractivity contribution in [2.45, 2.75) is 38.0 Å². The van der Waals surface area contributed by atoms with Gasteiger partial charge in [0.15, 0.2) is 5.65 Å². The maximum atomic E-state index is 13.9. The Morgan fingerprint density at radius 1 is 1.41 bits per heavy atom. The fraction of sp³-hybridized carbons (Fsp3) is 0.316. The topological polar surface area (TPSA) is 115 Å². The van der Waals surface area contributed by atoms with Crippen molar-refractivity contribution in [2.24, 2.45) is 5.73 Å². The van der Waals surface area contributed by atoms with E-state index in [0.717, 1.165) is 12.8 Å². The van der Waals surface area contributed by atoms with Crippen molar-refractivity contribution >= 4 is 29.8 Å². The van der Waals surface area contributed by atoms with Crippen LogP contribution in [0.5, 0.6) is 5.75 Å². The van der Waals surface area contributed by atoms with Gasteiger partial charge in [0.1, 0.15) is 29.1 Å². The van der Waals surface area contributed by atoms with Crippen LogP contribution < -0.4 is 15.8 Å². The van der Waals surface area contributed by atoms with E-state index in [1.165, 1.54) is 22.8 Å². The zero-order valence-electron chi connectivity index (χ0n) is 15.6. The van der Waals surface area contributed by atoms with Crippen LogP contribution in [0.15, 0.2) is 36.7 Å². The Balaban J connectivity index is 0.00000240. The number of nitrogens with two attached hydrogens (primary N) is 1. The minimum absolute atomic E-state index is 0. The van der Waals surface area contributed by atoms with Crippen LogP contribution in [-0.4, -0.2) is 37.8 Å². The van der Waals surface area contributed by atoms with Crippen LogP contribution >= 0.6 is 12.4 Å². The van der Waals surface area contributed by atoms with Gasteiger partial charge in [0.05, 0.1) is 12.2 Å². The van der Waals surface area contributed by atoms with Gasteiger partial charge in [-0.25, -0.2) is 18.7 Å². The summed E-state index contributed by atoms with van der Waals surface area (Å²) < 4.78 is 21.2. The molecule has 0 amide bonds. The van der Waals surface area contributed by atoms with Gasteiger partial charge in [-0.05, 0) is 44.0 Å². The fourth-order valence-electron chi connectivity index (χ4n) is 3.25. The van der Waals surface area contributed by atoms with Crippen molar-refractivity contribution in [3.63, 3.8) is 0 Å². The first-order chi connectivity index (χ1) is 13.4. The molecule has 1 atom stereocenters. The first-order valence-electron chi connectivity index (χ1n) is 8.96. The van der Waals surface area contributed by atoms with Gasteiger partial charge in [0, 0.05) is 17.8 Å². The molecule has 2 aromatic heterocycles. The van der Waals surface area contributed by atoms with Crippen LogP contribution in [0.1, 0.15) is 41.7 Å². The molecule has 1 aliphatic carbocycles. The molecule has 1 aromatic carbocycles. The number of carbonyl (C=O) groups is 1. The molecular weight excluding hydrogens is 401 g/mol. The lowest BCUT2D eigenvalue weighted by molar-refractivity contribution is 0.0698. The number of halogens is 2. The summed E-state index contributed by atoms with van der Waals surface area (Å²) in [6.45, 7) is 1.86. The van der Waals surface area contributed by atoms with Crippen molar-refractivity contribution in [1.29, 1.82) is 0 Å². The summed E-state index contributed by atoms with van der Waals surface area (Å²) in [7, 11) is 0. The van der Waals surface area contributed by atoms with E-state index in [1.54, 1.807) is 18.3 Å². The van der Waals surface area contributed by atoms with Crippen molar-refractivity contribution < 1.29 is 19.0 Å². The molecule has 0 spiro atoms. The molecule has 0 aliphatic heterocycles. The summed E-state index contributed by atoms with van der Waals surface area (Å²) in [4.78, 5) is 15.6. The Morgan fingerprint density at radius 3 is 2.86 bits per heavy atom. The predicted molar refractivity (Wildman–Crippen MR) is 107 cm³/mol. The summed E-state index contributed by atoms with van der Waals surface area (Å²) in [5.74, 6) is -0.431. The van der Waals surface area contributed by atoms with Gasteiger partial charge in [0.25, 0.3) is 0 Å². The minimum atomic E-state index is -1.10. The molecule has 154 valence electrons. The molecule has 4 N–H and O–H groups in total. The molecule has 10 heteroatoms. The highest BCUT2D eigenvalue weighted by atomic mass is 35.5. The number of hydrogen-bond acceptors (Lipinski definition) is 6. The zero-order chi connectivity index (χ0) is 19.8. The second kappa shape index (κ2) is 8.22. The van der Waals surface area contributed by atoms with Gasteiger partial charge < -0.3 is 20.9 Å². The van der Waals surface area contributed by atoms with E-state index < -0.39 is 5.97 Å². The van der Waals surface area contributed by atoms with Crippen molar-refractivity contribution in [3.05, 3.63) is 53.6 Å². The average molecular weight is 422 g/mol. The number of ether oxygens (including phenoxy) is 1. The zero-order valence-corrected chi connectivity index (χ0v) is 16.4. The monoisotopic (exact) mass is 421 g/mol. The van der Waals surface area contributed by atoms with E-state index in [2.05, 4.69) is 15.4 Å². The molecular formula is C19H21ClFN5O3. The van der Waals surface area contributed by atoms with Crippen LogP contribution in [0.3, 0.4) is 0 Å². The lowest BCUT2D eigenvalue weighted by Gasteiger charge is -2.33. The fourth-order valence-corrected chi connectivity index (χ4v) is 3.25. The Morgan fingerprint density at radius 2 is 2.17 bits per heavy atom. The Kier molecular flexibility index (Phi) is 5.90. The third kappa shape index (κ3) is 4.25. The van der Waals surface area contributed by atoms with Gasteiger partial charge in [-0.3, -0.25) is 0 Å². The average Bonchev–Trinajstić information content (AvgIpc) is 3.05. The number of carboxylic acids is 1. The normalized spacial score (nSPS) is 19.1. The molecule has 4 rings (SSSR count). The third-order valence-corrected chi connectivity index (χ3v) is 4.83. The number of carboxylic acid groups (broad SMARTS) is 1. The number of nitrogens with one attached hydrogen (secondary N) is 1. The molecule has 2 heterocycles. The van der Waals surface area contributed by atoms with E-state index in [4.69, 9.17) is 10.5 Å². The van der Waals surface area contributed by atoms with E-state index in [1.807, 2.05) is 6.92 Å². The lowest BCUT2D eigenvalue weighted by atomic mass is 9.90. The first kappa shape index (κ1) is 20.8. The second-order valence-electron chi connectivity index (χ2n) is 6.96. The van der Waals surface area contributed by atoms with E-state index in [0.29, 0.717) is 17.1 Å². The number of aromatic carboxylic acids is 1. The first-order valence-corrected chi connectivity index (χ1v) is 8.96. The summed E-state index contributed by atoms with van der Waals surface area (Å²) in [5.41, 5.74) is 6.69. The molecule has 1 aliphatic rings. The molecule has 0 unspecified atom stereocenters. The van der Waals surface area contributed by atoms with Crippen LogP contribution in [0.25, 0.3) is 5.65 Å². The molecule has 29 heavy (non-hydrogen) atoms. The molecule has 8 nitrogen and oxygen atoms in total. The molecule has 0 radical (unpaired) electrons. The van der Waals surface area contributed by atoms with Crippen LogP contribution in [0.2, 0.25) is 0 Å². The van der Waals surface area contributed by atoms with E-state index in [9.17, 15) is 14.3 Å². The van der Waals surface area contributed by atoms with Gasteiger partial charge in [-0.2, -0.15) is 5.10 Å². The largest absolute Gasteiger partial charge is 0.490 e. The van der Waals surface area contributed by atoms with E-state index >= 15 is 0 Å². The SMILES string of the molecule is C[C@@H](Nc1ccn2ncc(C(=O)O)c2n1)c1cc(F)ccc1OC1CC(N)C1.Cl. The molecule has 1 fully saturated rings. The highest BCUT2D eigenvalue weighted by Gasteiger charge is 2.29. The predicted octanol–water partition coefficient (Wildman–Crippen LogP) is 3.03. The number of nitrogens with zero attached hydrogens (tertiary/aromatic N) is 3. The number of anilines is 1. The van der Waals surface area contributed by atoms with Gasteiger partial charge in [0.2, 0.25) is 0 Å². The summed E-state index contributed by atoms with van der Waals surface area (Å²) in [6.07, 6.45) is 4.44. The standard InChI is InChI=1S/C19H20FN5O3.ClH/c1-10(14-6-11(20)2-3-16(14)28-13-7-12(21)8-13)23-17-4-5-25-18(24-17)15(9-22-25)19(26)27;/h2-6,9-10,12-13H,7-8,21H2,1H3,(H,23,24)(H,26,27);1H/t10-,12?,13?;/m1./s1. The molecule has 3 aromatic rings. The lowest BCUT2D eigenvalue weighted by Crippen LogP contribution is -2.43. The van der Waals surface area contributed by atoms with Crippen molar-refractivity contribution in [3.8, 4) is 5.75 Å². The second-order valence-corrected chi connectivity index (χ2v) is 6.96. The highest BCUT2D eigenvalue weighted by Crippen LogP contribution is 2.32. The van der Waals surface area contributed by atoms with Gasteiger partial charge in [-0.15, -0.1) is 12.4 Å². The number of benzene rings is 1. The Labute approximate surface area is 172 Å².